The van der Waals surface area contributed by atoms with Gasteiger partial charge in [-0.25, -0.2) is 0 Å². The van der Waals surface area contributed by atoms with Gasteiger partial charge in [-0.1, -0.05) is 6.92 Å². The number of alkyl halides is 3. The topological polar surface area (TPSA) is 66.4 Å². The standard InChI is InChI=1S/C5H11N.CHF3O3S/c1-5-2-3-6-4-5;2-1(3,4)8(5,6)7/h5-6H,2-4H2,1H3;(H,5,6,7). The Kier molecular flexibility index (Phi) is 4.82. The van der Waals surface area contributed by atoms with Crippen LogP contribution in [0.1, 0.15) is 13.3 Å². The molecule has 1 aliphatic rings. The molecule has 0 aromatic carbocycles. The van der Waals surface area contributed by atoms with Crippen molar-refractivity contribution in [3.63, 3.8) is 0 Å². The third-order valence-corrected chi connectivity index (χ3v) is 2.18. The van der Waals surface area contributed by atoms with E-state index in [0.29, 0.717) is 0 Å². The highest BCUT2D eigenvalue weighted by Gasteiger charge is 2.44. The molecule has 2 N–H and O–H groups in total. The summed E-state index contributed by atoms with van der Waals surface area (Å²) < 4.78 is 57.5. The van der Waals surface area contributed by atoms with Crippen LogP contribution in [0.2, 0.25) is 0 Å². The maximum atomic E-state index is 10.7. The van der Waals surface area contributed by atoms with Gasteiger partial charge in [-0.05, 0) is 25.4 Å². The van der Waals surface area contributed by atoms with Gasteiger partial charge < -0.3 is 5.32 Å². The van der Waals surface area contributed by atoms with Gasteiger partial charge in [0.25, 0.3) is 0 Å². The van der Waals surface area contributed by atoms with Crippen molar-refractivity contribution >= 4 is 10.1 Å². The van der Waals surface area contributed by atoms with E-state index in [1.807, 2.05) is 0 Å². The van der Waals surface area contributed by atoms with Crippen molar-refractivity contribution in [2.45, 2.75) is 18.9 Å². The highest BCUT2D eigenvalue weighted by Crippen LogP contribution is 2.20. The molecule has 0 aromatic rings. The summed E-state index contributed by atoms with van der Waals surface area (Å²) in [6.07, 6.45) is 1.38. The van der Waals surface area contributed by atoms with Crippen LogP contribution in [-0.2, 0) is 10.1 Å². The summed E-state index contributed by atoms with van der Waals surface area (Å²) in [6.45, 7) is 4.75. The van der Waals surface area contributed by atoms with E-state index in [9.17, 15) is 13.2 Å². The molecule has 0 aromatic heterocycles. The molecule has 1 aliphatic heterocycles. The van der Waals surface area contributed by atoms with E-state index >= 15 is 0 Å². The molecule has 1 saturated heterocycles. The van der Waals surface area contributed by atoms with E-state index in [0.717, 1.165) is 5.92 Å². The molecule has 1 atom stereocenters. The number of hydrogen-bond acceptors (Lipinski definition) is 3. The first-order chi connectivity index (χ1) is 6.14. The second kappa shape index (κ2) is 4.94. The normalized spacial score (nSPS) is 22.8. The number of halogens is 3. The van der Waals surface area contributed by atoms with Crippen LogP contribution in [0.4, 0.5) is 13.2 Å². The third kappa shape index (κ3) is 5.40. The fourth-order valence-corrected chi connectivity index (χ4v) is 0.799. The highest BCUT2D eigenvalue weighted by atomic mass is 32.2. The van der Waals surface area contributed by atoms with E-state index < -0.39 is 15.6 Å². The number of nitrogens with one attached hydrogen (secondary N) is 1. The van der Waals surface area contributed by atoms with Crippen molar-refractivity contribution in [3.8, 4) is 0 Å². The van der Waals surface area contributed by atoms with Crippen LogP contribution in [0, 0.1) is 5.92 Å². The Balaban J connectivity index is 0.000000249. The Morgan fingerprint density at radius 2 is 1.86 bits per heavy atom. The fourth-order valence-electron chi connectivity index (χ4n) is 0.799. The minimum absolute atomic E-state index is 0.935. The molecule has 4 nitrogen and oxygen atoms in total. The first kappa shape index (κ1) is 13.7. The molecule has 14 heavy (non-hydrogen) atoms. The molecule has 0 saturated carbocycles. The van der Waals surface area contributed by atoms with Crippen LogP contribution in [0.25, 0.3) is 0 Å². The predicted molar refractivity (Wildman–Crippen MR) is 44.3 cm³/mol. The fraction of sp³-hybridized carbons (Fsp3) is 1.00. The zero-order valence-corrected chi connectivity index (χ0v) is 8.32. The molecule has 1 heterocycles. The lowest BCUT2D eigenvalue weighted by atomic mass is 10.2. The Hall–Kier alpha value is -0.340. The maximum absolute atomic E-state index is 10.7. The highest BCUT2D eigenvalue weighted by molar-refractivity contribution is 7.86. The van der Waals surface area contributed by atoms with Crippen molar-refractivity contribution in [3.05, 3.63) is 0 Å². The first-order valence-electron chi connectivity index (χ1n) is 3.89. The van der Waals surface area contributed by atoms with Crippen LogP contribution < -0.4 is 5.32 Å². The van der Waals surface area contributed by atoms with E-state index in [1.54, 1.807) is 0 Å². The Morgan fingerprint density at radius 1 is 1.43 bits per heavy atom. The minimum Gasteiger partial charge on any atom is -0.316 e. The smallest absolute Gasteiger partial charge is 0.316 e. The largest absolute Gasteiger partial charge is 0.522 e. The molecule has 0 amide bonds. The first-order valence-corrected chi connectivity index (χ1v) is 5.33. The summed E-state index contributed by atoms with van der Waals surface area (Å²) in [6, 6.07) is 0. The monoisotopic (exact) mass is 235 g/mol. The van der Waals surface area contributed by atoms with Crippen molar-refractivity contribution in [2.75, 3.05) is 13.1 Å². The van der Waals surface area contributed by atoms with Crippen LogP contribution in [0.3, 0.4) is 0 Å². The van der Waals surface area contributed by atoms with Crippen molar-refractivity contribution in [2.24, 2.45) is 5.92 Å². The van der Waals surface area contributed by atoms with Gasteiger partial charge in [-0.3, -0.25) is 4.55 Å². The Morgan fingerprint density at radius 3 is 1.93 bits per heavy atom. The minimum atomic E-state index is -5.84. The molecular formula is C6H12F3NO3S. The lowest BCUT2D eigenvalue weighted by Gasteiger charge is -1.97. The van der Waals surface area contributed by atoms with Crippen LogP contribution in [0.15, 0.2) is 0 Å². The molecular weight excluding hydrogens is 223 g/mol. The second-order valence-corrected chi connectivity index (χ2v) is 4.43. The second-order valence-electron chi connectivity index (χ2n) is 3.02. The molecule has 0 radical (unpaired) electrons. The van der Waals surface area contributed by atoms with E-state index in [-0.39, 0.29) is 0 Å². The summed E-state index contributed by atoms with van der Waals surface area (Å²) in [5.74, 6) is 0.935. The summed E-state index contributed by atoms with van der Waals surface area (Å²) in [5.41, 5.74) is -5.53. The molecule has 8 heteroatoms. The van der Waals surface area contributed by atoms with E-state index in [1.165, 1.54) is 19.5 Å². The van der Waals surface area contributed by atoms with Crippen LogP contribution >= 0.6 is 0 Å². The van der Waals surface area contributed by atoms with Gasteiger partial charge in [0, 0.05) is 0 Å². The Labute approximate surface area is 80.2 Å². The molecule has 1 rings (SSSR count). The Bertz CT molecular complexity index is 256. The number of rotatable bonds is 0. The zero-order valence-electron chi connectivity index (χ0n) is 7.50. The lowest BCUT2D eigenvalue weighted by Crippen LogP contribution is -2.21. The predicted octanol–water partition coefficient (Wildman–Crippen LogP) is 1.01. The summed E-state index contributed by atoms with van der Waals surface area (Å²) >= 11 is 0. The van der Waals surface area contributed by atoms with E-state index in [2.05, 4.69) is 12.2 Å². The maximum Gasteiger partial charge on any atom is 0.522 e. The van der Waals surface area contributed by atoms with Crippen LogP contribution in [0.5, 0.6) is 0 Å². The summed E-state index contributed by atoms with van der Waals surface area (Å²) in [7, 11) is -5.84. The van der Waals surface area contributed by atoms with Gasteiger partial charge in [0.1, 0.15) is 0 Å². The van der Waals surface area contributed by atoms with Crippen LogP contribution in [-0.4, -0.2) is 31.6 Å². The molecule has 86 valence electrons. The lowest BCUT2D eigenvalue weighted by molar-refractivity contribution is -0.0510. The van der Waals surface area contributed by atoms with E-state index in [4.69, 9.17) is 13.0 Å². The third-order valence-electron chi connectivity index (χ3n) is 1.60. The van der Waals surface area contributed by atoms with Crippen molar-refractivity contribution in [1.82, 2.24) is 5.32 Å². The van der Waals surface area contributed by atoms with Gasteiger partial charge in [0.15, 0.2) is 0 Å². The molecule has 1 unspecified atom stereocenters. The van der Waals surface area contributed by atoms with Gasteiger partial charge in [-0.15, -0.1) is 0 Å². The quantitative estimate of drug-likeness (QED) is 0.485. The average Bonchev–Trinajstić information content (AvgIpc) is 2.35. The zero-order chi connectivity index (χ0) is 11.4. The molecule has 0 spiro atoms. The van der Waals surface area contributed by atoms with Gasteiger partial charge in [0.2, 0.25) is 0 Å². The van der Waals surface area contributed by atoms with Crippen molar-refractivity contribution < 1.29 is 26.1 Å². The average molecular weight is 235 g/mol. The van der Waals surface area contributed by atoms with Gasteiger partial charge >= 0.3 is 15.6 Å². The molecule has 0 bridgehead atoms. The SMILES string of the molecule is CC1CCNC1.O=S(=O)(O)C(F)(F)F. The van der Waals surface area contributed by atoms with Gasteiger partial charge in [-0.2, -0.15) is 21.6 Å². The van der Waals surface area contributed by atoms with Gasteiger partial charge in [0.05, 0.1) is 0 Å². The molecule has 0 aliphatic carbocycles. The summed E-state index contributed by atoms with van der Waals surface area (Å²) in [4.78, 5) is 0. The number of hydrogen-bond donors (Lipinski definition) is 2. The summed E-state index contributed by atoms with van der Waals surface area (Å²) in [5, 5.41) is 3.27. The van der Waals surface area contributed by atoms with Crippen molar-refractivity contribution in [1.29, 1.82) is 0 Å². The molecule has 1 fully saturated rings.